The molecule has 6 nitrogen and oxygen atoms in total. The number of ether oxygens (including phenoxy) is 1. The number of nitrogens with zero attached hydrogens (tertiary/aromatic N) is 2. The fourth-order valence-electron chi connectivity index (χ4n) is 2.74. The van der Waals surface area contributed by atoms with Crippen molar-refractivity contribution in [3.63, 3.8) is 0 Å². The van der Waals surface area contributed by atoms with E-state index in [4.69, 9.17) is 20.7 Å². The van der Waals surface area contributed by atoms with Crippen LogP contribution in [-0.2, 0) is 6.42 Å². The lowest BCUT2D eigenvalue weighted by Crippen LogP contribution is -1.99. The van der Waals surface area contributed by atoms with Crippen LogP contribution in [0.15, 0.2) is 70.8 Å². The Kier molecular flexibility index (Phi) is 6.11. The Hall–Kier alpha value is -3.54. The molecule has 0 bridgehead atoms. The summed E-state index contributed by atoms with van der Waals surface area (Å²) < 4.78 is 11.2. The number of rotatable bonds is 7. The normalized spacial score (nSPS) is 11.9. The number of benzene rings is 1. The van der Waals surface area contributed by atoms with Gasteiger partial charge in [-0.2, -0.15) is 0 Å². The van der Waals surface area contributed by atoms with Crippen LogP contribution < -0.4 is 16.2 Å². The van der Waals surface area contributed by atoms with Gasteiger partial charge in [-0.25, -0.2) is 4.98 Å². The van der Waals surface area contributed by atoms with Gasteiger partial charge in [-0.05, 0) is 49.2 Å². The highest BCUT2D eigenvalue weighted by molar-refractivity contribution is 5.71. The maximum atomic E-state index is 5.91. The van der Waals surface area contributed by atoms with E-state index in [1.165, 1.54) is 0 Å². The van der Waals surface area contributed by atoms with Crippen molar-refractivity contribution in [1.29, 1.82) is 0 Å². The van der Waals surface area contributed by atoms with Crippen molar-refractivity contribution in [2.24, 2.45) is 0 Å². The molecular formula is C22H24N4O2. The first-order chi connectivity index (χ1) is 13.6. The van der Waals surface area contributed by atoms with Crippen LogP contribution in [-0.4, -0.2) is 16.7 Å². The Morgan fingerprint density at radius 2 is 1.89 bits per heavy atom. The van der Waals surface area contributed by atoms with Gasteiger partial charge in [0.1, 0.15) is 24.0 Å². The van der Waals surface area contributed by atoms with E-state index in [-0.39, 0.29) is 0 Å². The topological polar surface area (TPSA) is 100 Å². The molecule has 0 aliphatic carbocycles. The van der Waals surface area contributed by atoms with Gasteiger partial charge in [-0.15, -0.1) is 0 Å². The second-order valence-electron chi connectivity index (χ2n) is 6.32. The SMILES string of the molecule is C/C=C\C(=C/C)COc1ccc(Cc2cc(-c3ccc(N)nc3N)on2)cc1. The summed E-state index contributed by atoms with van der Waals surface area (Å²) in [5, 5.41) is 4.13. The highest BCUT2D eigenvalue weighted by atomic mass is 16.5. The molecule has 0 amide bonds. The zero-order chi connectivity index (χ0) is 19.9. The van der Waals surface area contributed by atoms with E-state index in [1.807, 2.05) is 62.4 Å². The van der Waals surface area contributed by atoms with Crippen molar-refractivity contribution in [2.45, 2.75) is 20.3 Å². The molecule has 0 saturated carbocycles. The zero-order valence-corrected chi connectivity index (χ0v) is 16.1. The maximum absolute atomic E-state index is 5.91. The zero-order valence-electron chi connectivity index (χ0n) is 16.1. The van der Waals surface area contributed by atoms with Crippen molar-refractivity contribution < 1.29 is 9.26 Å². The molecule has 144 valence electrons. The van der Waals surface area contributed by atoms with Crippen LogP contribution >= 0.6 is 0 Å². The van der Waals surface area contributed by atoms with Crippen LogP contribution in [0.25, 0.3) is 11.3 Å². The minimum atomic E-state index is 0.322. The monoisotopic (exact) mass is 376 g/mol. The Balaban J connectivity index is 1.64. The van der Waals surface area contributed by atoms with Gasteiger partial charge >= 0.3 is 0 Å². The molecule has 0 atom stereocenters. The van der Waals surface area contributed by atoms with Crippen LogP contribution in [0, 0.1) is 0 Å². The molecule has 4 N–H and O–H groups in total. The number of hydrogen-bond acceptors (Lipinski definition) is 6. The first-order valence-corrected chi connectivity index (χ1v) is 9.06. The van der Waals surface area contributed by atoms with Crippen LogP contribution in [0.2, 0.25) is 0 Å². The lowest BCUT2D eigenvalue weighted by Gasteiger charge is -2.07. The van der Waals surface area contributed by atoms with Gasteiger partial charge in [-0.1, -0.05) is 35.5 Å². The van der Waals surface area contributed by atoms with Crippen molar-refractivity contribution in [1.82, 2.24) is 10.1 Å². The number of nitrogens with two attached hydrogens (primary N) is 2. The van der Waals surface area contributed by atoms with E-state index < -0.39 is 0 Å². The van der Waals surface area contributed by atoms with E-state index in [0.717, 1.165) is 22.6 Å². The molecule has 28 heavy (non-hydrogen) atoms. The molecule has 0 aliphatic rings. The van der Waals surface area contributed by atoms with E-state index in [0.29, 0.717) is 36.0 Å². The molecule has 0 saturated heterocycles. The van der Waals surface area contributed by atoms with Crippen molar-refractivity contribution in [2.75, 3.05) is 18.1 Å². The molecule has 6 heteroatoms. The lowest BCUT2D eigenvalue weighted by molar-refractivity contribution is 0.355. The number of hydrogen-bond donors (Lipinski definition) is 2. The number of anilines is 2. The predicted octanol–water partition coefficient (Wildman–Crippen LogP) is 4.39. The van der Waals surface area contributed by atoms with Crippen LogP contribution in [0.1, 0.15) is 25.1 Å². The number of allylic oxidation sites excluding steroid dienone is 2. The molecular weight excluding hydrogens is 352 g/mol. The molecule has 0 fully saturated rings. The highest BCUT2D eigenvalue weighted by Crippen LogP contribution is 2.26. The third-order valence-corrected chi connectivity index (χ3v) is 4.24. The van der Waals surface area contributed by atoms with Gasteiger partial charge in [0.2, 0.25) is 0 Å². The van der Waals surface area contributed by atoms with E-state index in [1.54, 1.807) is 12.1 Å². The largest absolute Gasteiger partial charge is 0.489 e. The van der Waals surface area contributed by atoms with Crippen LogP contribution in [0.5, 0.6) is 5.75 Å². The van der Waals surface area contributed by atoms with Gasteiger partial charge in [-0.3, -0.25) is 0 Å². The predicted molar refractivity (Wildman–Crippen MR) is 112 cm³/mol. The van der Waals surface area contributed by atoms with Crippen molar-refractivity contribution >= 4 is 11.6 Å². The first-order valence-electron chi connectivity index (χ1n) is 9.06. The Bertz CT molecular complexity index is 988. The van der Waals surface area contributed by atoms with Gasteiger partial charge < -0.3 is 20.7 Å². The summed E-state index contributed by atoms with van der Waals surface area (Å²) in [5.74, 6) is 2.09. The number of pyridine rings is 1. The first kappa shape index (κ1) is 19.2. The van der Waals surface area contributed by atoms with Crippen LogP contribution in [0.3, 0.4) is 0 Å². The second kappa shape index (κ2) is 8.90. The molecule has 0 aliphatic heterocycles. The van der Waals surface area contributed by atoms with Gasteiger partial charge in [0, 0.05) is 12.5 Å². The van der Waals surface area contributed by atoms with Gasteiger partial charge in [0.05, 0.1) is 11.3 Å². The highest BCUT2D eigenvalue weighted by Gasteiger charge is 2.11. The quantitative estimate of drug-likeness (QED) is 0.593. The summed E-state index contributed by atoms with van der Waals surface area (Å²) in [6.45, 7) is 4.54. The fourth-order valence-corrected chi connectivity index (χ4v) is 2.74. The molecule has 3 rings (SSSR count). The summed E-state index contributed by atoms with van der Waals surface area (Å²) in [4.78, 5) is 4.05. The fraction of sp³-hybridized carbons (Fsp3) is 0.182. The summed E-state index contributed by atoms with van der Waals surface area (Å²) in [5.41, 5.74) is 15.3. The number of aromatic nitrogens is 2. The summed E-state index contributed by atoms with van der Waals surface area (Å²) in [6, 6.07) is 13.3. The van der Waals surface area contributed by atoms with E-state index >= 15 is 0 Å². The maximum Gasteiger partial charge on any atom is 0.170 e. The van der Waals surface area contributed by atoms with Crippen molar-refractivity contribution in [3.8, 4) is 17.1 Å². The minimum Gasteiger partial charge on any atom is -0.489 e. The molecule has 2 heterocycles. The minimum absolute atomic E-state index is 0.322. The third-order valence-electron chi connectivity index (χ3n) is 4.24. The molecule has 0 unspecified atom stereocenters. The molecule has 0 radical (unpaired) electrons. The summed E-state index contributed by atoms with van der Waals surface area (Å²) in [7, 11) is 0. The van der Waals surface area contributed by atoms with Crippen LogP contribution in [0.4, 0.5) is 11.6 Å². The summed E-state index contributed by atoms with van der Waals surface area (Å²) >= 11 is 0. The van der Waals surface area contributed by atoms with Gasteiger partial charge in [0.15, 0.2) is 5.76 Å². The second-order valence-corrected chi connectivity index (χ2v) is 6.32. The smallest absolute Gasteiger partial charge is 0.170 e. The average molecular weight is 376 g/mol. The molecule has 2 aromatic heterocycles. The standard InChI is InChI=1S/C22H24N4O2/c1-3-5-15(4-2)14-27-18-8-6-16(7-9-18)12-17-13-20(28-26-17)19-10-11-21(23)25-22(19)24/h3-11,13H,12,14H2,1-2H3,(H4,23,24,25)/b5-3-,15-4+. The molecule has 1 aromatic carbocycles. The van der Waals surface area contributed by atoms with E-state index in [2.05, 4.69) is 10.1 Å². The van der Waals surface area contributed by atoms with Gasteiger partial charge in [0.25, 0.3) is 0 Å². The number of nitrogen functional groups attached to an aromatic ring is 2. The van der Waals surface area contributed by atoms with Crippen molar-refractivity contribution in [3.05, 3.63) is 77.5 Å². The molecule has 3 aromatic rings. The Labute approximate surface area is 164 Å². The summed E-state index contributed by atoms with van der Waals surface area (Å²) in [6.07, 6.45) is 6.73. The lowest BCUT2D eigenvalue weighted by atomic mass is 10.1. The Morgan fingerprint density at radius 3 is 2.57 bits per heavy atom. The molecule has 0 spiro atoms. The third kappa shape index (κ3) is 4.79. The Morgan fingerprint density at radius 1 is 1.11 bits per heavy atom. The average Bonchev–Trinajstić information content (AvgIpc) is 3.14. The van der Waals surface area contributed by atoms with E-state index in [9.17, 15) is 0 Å².